The summed E-state index contributed by atoms with van der Waals surface area (Å²) in [6, 6.07) is 12.1. The van der Waals surface area contributed by atoms with Crippen LogP contribution in [0, 0.1) is 12.8 Å². The maximum Gasteiger partial charge on any atom is 0.248 e. The number of unbranched alkanes of at least 4 members (excludes halogenated alkanes) is 1. The summed E-state index contributed by atoms with van der Waals surface area (Å²) in [6.07, 6.45) is 1.99. The van der Waals surface area contributed by atoms with Gasteiger partial charge in [0.2, 0.25) is 17.7 Å². The van der Waals surface area contributed by atoms with Crippen molar-refractivity contribution in [1.82, 2.24) is 4.90 Å². The van der Waals surface area contributed by atoms with Gasteiger partial charge in [-0.1, -0.05) is 25.5 Å². The van der Waals surface area contributed by atoms with Crippen LogP contribution in [0.4, 0.5) is 5.69 Å². The van der Waals surface area contributed by atoms with Gasteiger partial charge in [-0.05, 0) is 54.8 Å². The van der Waals surface area contributed by atoms with Crippen LogP contribution in [-0.4, -0.2) is 36.3 Å². The molecule has 2 atom stereocenters. The lowest BCUT2D eigenvalue weighted by Crippen LogP contribution is -2.33. The number of primary amides is 1. The molecule has 3 N–H and O–H groups in total. The summed E-state index contributed by atoms with van der Waals surface area (Å²) in [5.74, 6) is -0.551. The van der Waals surface area contributed by atoms with E-state index < -0.39 is 11.8 Å². The average molecular weight is 424 g/mol. The van der Waals surface area contributed by atoms with Crippen molar-refractivity contribution in [3.63, 3.8) is 0 Å². The van der Waals surface area contributed by atoms with E-state index in [1.807, 2.05) is 29.2 Å². The smallest absolute Gasteiger partial charge is 0.248 e. The molecule has 1 saturated heterocycles. The van der Waals surface area contributed by atoms with Crippen molar-refractivity contribution in [2.45, 2.75) is 39.2 Å². The minimum atomic E-state index is -0.520. The molecule has 0 radical (unpaired) electrons. The van der Waals surface area contributed by atoms with Gasteiger partial charge in [-0.2, -0.15) is 0 Å². The monoisotopic (exact) mass is 423 g/mol. The second kappa shape index (κ2) is 9.64. The van der Waals surface area contributed by atoms with Crippen LogP contribution in [0.5, 0.6) is 5.75 Å². The Balaban J connectivity index is 1.87. The van der Waals surface area contributed by atoms with Gasteiger partial charge in [0.05, 0.1) is 19.1 Å². The number of aryl methyl sites for hydroxylation is 1. The summed E-state index contributed by atoms with van der Waals surface area (Å²) in [4.78, 5) is 39.3. The van der Waals surface area contributed by atoms with E-state index in [1.54, 1.807) is 32.2 Å². The van der Waals surface area contributed by atoms with E-state index in [-0.39, 0.29) is 24.3 Å². The molecule has 1 aliphatic heterocycles. The zero-order chi connectivity index (χ0) is 22.5. The van der Waals surface area contributed by atoms with Crippen LogP contribution in [0.2, 0.25) is 0 Å². The summed E-state index contributed by atoms with van der Waals surface area (Å²) < 4.78 is 5.24. The Morgan fingerprint density at radius 1 is 1.19 bits per heavy atom. The van der Waals surface area contributed by atoms with Crippen LogP contribution < -0.4 is 15.8 Å². The lowest BCUT2D eigenvalue weighted by atomic mass is 9.92. The van der Waals surface area contributed by atoms with Crippen molar-refractivity contribution in [2.24, 2.45) is 11.7 Å². The number of nitrogens with one attached hydrogen (secondary N) is 1. The minimum Gasteiger partial charge on any atom is -0.497 e. The number of ether oxygens (including phenoxy) is 1. The Labute approximate surface area is 182 Å². The summed E-state index contributed by atoms with van der Waals surface area (Å²) in [5, 5.41) is 2.92. The molecule has 7 nitrogen and oxygen atoms in total. The molecule has 0 bridgehead atoms. The predicted molar refractivity (Wildman–Crippen MR) is 119 cm³/mol. The molecule has 1 aliphatic rings. The normalized spacial score (nSPS) is 18.2. The molecule has 164 valence electrons. The van der Waals surface area contributed by atoms with Gasteiger partial charge in [0.1, 0.15) is 5.75 Å². The van der Waals surface area contributed by atoms with Gasteiger partial charge in [-0.15, -0.1) is 0 Å². The Bertz CT molecular complexity index is 971. The van der Waals surface area contributed by atoms with Crippen LogP contribution in [0.3, 0.4) is 0 Å². The summed E-state index contributed by atoms with van der Waals surface area (Å²) in [7, 11) is 1.60. The zero-order valence-electron chi connectivity index (χ0n) is 18.2. The number of likely N-dealkylation sites (tertiary alicyclic amines) is 1. The number of anilines is 1. The molecule has 7 heteroatoms. The molecule has 2 aromatic carbocycles. The van der Waals surface area contributed by atoms with E-state index >= 15 is 0 Å². The molecule has 1 fully saturated rings. The summed E-state index contributed by atoms with van der Waals surface area (Å²) in [6.45, 7) is 4.45. The molecule has 1 heterocycles. The third-order valence-electron chi connectivity index (χ3n) is 5.74. The van der Waals surface area contributed by atoms with Crippen molar-refractivity contribution in [3.8, 4) is 5.75 Å². The summed E-state index contributed by atoms with van der Waals surface area (Å²) in [5.41, 5.74) is 7.93. The first-order valence-electron chi connectivity index (χ1n) is 10.5. The standard InChI is InChI=1S/C24H29N3O4/c1-4-5-12-27-21(28)14-20(22(27)16-6-9-18(31-3)10-7-16)24(30)26-17-8-11-19(23(25)29)15(2)13-17/h6-11,13,20,22H,4-5,12,14H2,1-3H3,(H2,25,29)(H,26,30). The Morgan fingerprint density at radius 3 is 2.48 bits per heavy atom. The number of methoxy groups -OCH3 is 1. The average Bonchev–Trinajstić information content (AvgIpc) is 3.08. The number of nitrogens with zero attached hydrogens (tertiary/aromatic N) is 1. The van der Waals surface area contributed by atoms with Gasteiger partial charge in [0.15, 0.2) is 0 Å². The number of benzene rings is 2. The number of hydrogen-bond acceptors (Lipinski definition) is 4. The van der Waals surface area contributed by atoms with Gasteiger partial charge in [-0.3, -0.25) is 14.4 Å². The number of rotatable bonds is 8. The minimum absolute atomic E-state index is 0.0188. The van der Waals surface area contributed by atoms with Crippen molar-refractivity contribution < 1.29 is 19.1 Å². The maximum absolute atomic E-state index is 13.2. The van der Waals surface area contributed by atoms with Crippen molar-refractivity contribution in [3.05, 3.63) is 59.2 Å². The lowest BCUT2D eigenvalue weighted by Gasteiger charge is -2.28. The van der Waals surface area contributed by atoms with E-state index in [2.05, 4.69) is 12.2 Å². The second-order valence-electron chi connectivity index (χ2n) is 7.85. The molecule has 2 unspecified atom stereocenters. The van der Waals surface area contributed by atoms with Gasteiger partial charge in [0, 0.05) is 24.2 Å². The first-order chi connectivity index (χ1) is 14.8. The van der Waals surface area contributed by atoms with E-state index in [1.165, 1.54) is 0 Å². The van der Waals surface area contributed by atoms with E-state index in [9.17, 15) is 14.4 Å². The van der Waals surface area contributed by atoms with Crippen LogP contribution in [0.25, 0.3) is 0 Å². The molecule has 0 aliphatic carbocycles. The Morgan fingerprint density at radius 2 is 1.90 bits per heavy atom. The SMILES string of the molecule is CCCCN1C(=O)CC(C(=O)Nc2ccc(C(N)=O)c(C)c2)C1c1ccc(OC)cc1. The number of carbonyl (C=O) groups excluding carboxylic acids is 3. The Kier molecular flexibility index (Phi) is 6.95. The van der Waals surface area contributed by atoms with Crippen LogP contribution in [0.1, 0.15) is 53.7 Å². The van der Waals surface area contributed by atoms with Crippen molar-refractivity contribution >= 4 is 23.4 Å². The topological polar surface area (TPSA) is 102 Å². The molecule has 0 aromatic heterocycles. The fourth-order valence-corrected chi connectivity index (χ4v) is 4.08. The molecule has 0 spiro atoms. The Hall–Kier alpha value is -3.35. The first kappa shape index (κ1) is 22.3. The lowest BCUT2D eigenvalue weighted by molar-refractivity contribution is -0.129. The first-order valence-corrected chi connectivity index (χ1v) is 10.5. The van der Waals surface area contributed by atoms with Crippen LogP contribution >= 0.6 is 0 Å². The van der Waals surface area contributed by atoms with E-state index in [4.69, 9.17) is 10.5 Å². The number of hydrogen-bond donors (Lipinski definition) is 2. The van der Waals surface area contributed by atoms with Crippen LogP contribution in [0.15, 0.2) is 42.5 Å². The maximum atomic E-state index is 13.2. The predicted octanol–water partition coefficient (Wildman–Crippen LogP) is 3.43. The highest BCUT2D eigenvalue weighted by Gasteiger charge is 2.44. The molecule has 31 heavy (non-hydrogen) atoms. The largest absolute Gasteiger partial charge is 0.497 e. The van der Waals surface area contributed by atoms with Gasteiger partial charge < -0.3 is 20.7 Å². The van der Waals surface area contributed by atoms with Crippen LogP contribution in [-0.2, 0) is 9.59 Å². The second-order valence-corrected chi connectivity index (χ2v) is 7.85. The van der Waals surface area contributed by atoms with Crippen molar-refractivity contribution in [2.75, 3.05) is 19.0 Å². The highest BCUT2D eigenvalue weighted by molar-refractivity contribution is 5.99. The van der Waals surface area contributed by atoms with E-state index in [0.717, 1.165) is 24.2 Å². The number of nitrogens with two attached hydrogens (primary N) is 1. The quantitative estimate of drug-likeness (QED) is 0.679. The third-order valence-corrected chi connectivity index (χ3v) is 5.74. The zero-order valence-corrected chi connectivity index (χ0v) is 18.2. The number of amides is 3. The van der Waals surface area contributed by atoms with Gasteiger partial charge in [0.25, 0.3) is 0 Å². The molecule has 3 rings (SSSR count). The molecular weight excluding hydrogens is 394 g/mol. The summed E-state index contributed by atoms with van der Waals surface area (Å²) >= 11 is 0. The highest BCUT2D eigenvalue weighted by Crippen LogP contribution is 2.39. The highest BCUT2D eigenvalue weighted by atomic mass is 16.5. The molecule has 2 aromatic rings. The fourth-order valence-electron chi connectivity index (χ4n) is 4.08. The number of carbonyl (C=O) groups is 3. The molecule has 3 amide bonds. The molecular formula is C24H29N3O4. The fraction of sp³-hybridized carbons (Fsp3) is 0.375. The van der Waals surface area contributed by atoms with Gasteiger partial charge >= 0.3 is 0 Å². The third kappa shape index (κ3) is 4.87. The van der Waals surface area contributed by atoms with E-state index in [0.29, 0.717) is 23.4 Å². The van der Waals surface area contributed by atoms with Gasteiger partial charge in [-0.25, -0.2) is 0 Å². The van der Waals surface area contributed by atoms with Crippen molar-refractivity contribution in [1.29, 1.82) is 0 Å². The molecule has 0 saturated carbocycles.